The van der Waals surface area contributed by atoms with Crippen LogP contribution in [0.3, 0.4) is 0 Å². The molecule has 0 saturated carbocycles. The van der Waals surface area contributed by atoms with Gasteiger partial charge in [-0.3, -0.25) is 4.79 Å². The average Bonchev–Trinajstić information content (AvgIpc) is 2.82. The lowest BCUT2D eigenvalue weighted by Crippen LogP contribution is -2.04. The number of methoxy groups -OCH3 is 2. The molecule has 9 heteroatoms. The van der Waals surface area contributed by atoms with Crippen molar-refractivity contribution in [3.63, 3.8) is 0 Å². The lowest BCUT2D eigenvalue weighted by molar-refractivity contribution is -0.0512. The number of halogens is 4. The Bertz CT molecular complexity index is 1200. The Morgan fingerprint density at radius 3 is 2.32 bits per heavy atom. The van der Waals surface area contributed by atoms with Crippen LogP contribution in [-0.4, -0.2) is 26.6 Å². The molecule has 0 atom stereocenters. The van der Waals surface area contributed by atoms with Crippen molar-refractivity contribution in [3.05, 3.63) is 88.2 Å². The van der Waals surface area contributed by atoms with Gasteiger partial charge in [0.05, 0.1) is 19.2 Å². The van der Waals surface area contributed by atoms with Crippen molar-refractivity contribution in [3.8, 4) is 23.0 Å². The average molecular weight is 493 g/mol. The molecule has 0 fully saturated rings. The highest BCUT2D eigenvalue weighted by atomic mass is 35.5. The van der Waals surface area contributed by atoms with Gasteiger partial charge in [0, 0.05) is 11.1 Å². The quantitative estimate of drug-likeness (QED) is 0.236. The molecule has 0 aliphatic carbocycles. The van der Waals surface area contributed by atoms with Crippen LogP contribution in [0, 0.1) is 5.82 Å². The number of allylic oxidation sites excluding steroid dienone is 1. The van der Waals surface area contributed by atoms with Crippen molar-refractivity contribution in [2.75, 3.05) is 14.2 Å². The maximum absolute atomic E-state index is 13.2. The van der Waals surface area contributed by atoms with Crippen LogP contribution < -0.4 is 18.9 Å². The Balaban J connectivity index is 1.76. The molecule has 0 amide bonds. The molecule has 3 aromatic carbocycles. The summed E-state index contributed by atoms with van der Waals surface area (Å²) in [4.78, 5) is 12.6. The van der Waals surface area contributed by atoms with E-state index in [1.807, 2.05) is 0 Å². The van der Waals surface area contributed by atoms with Crippen LogP contribution >= 0.6 is 11.6 Å². The topological polar surface area (TPSA) is 54.0 Å². The minimum atomic E-state index is -3.01. The third-order valence-corrected chi connectivity index (χ3v) is 4.97. The van der Waals surface area contributed by atoms with E-state index in [9.17, 15) is 18.0 Å². The van der Waals surface area contributed by atoms with Gasteiger partial charge in [-0.15, -0.1) is 0 Å². The maximum Gasteiger partial charge on any atom is 0.387 e. The zero-order valence-electron chi connectivity index (χ0n) is 18.2. The number of ketones is 1. The summed E-state index contributed by atoms with van der Waals surface area (Å²) < 4.78 is 58.6. The van der Waals surface area contributed by atoms with Crippen LogP contribution in [0.1, 0.15) is 21.5 Å². The Morgan fingerprint density at radius 1 is 0.941 bits per heavy atom. The third-order valence-electron chi connectivity index (χ3n) is 4.67. The van der Waals surface area contributed by atoms with Gasteiger partial charge >= 0.3 is 6.61 Å². The summed E-state index contributed by atoms with van der Waals surface area (Å²) in [5, 5.41) is 0.140. The van der Waals surface area contributed by atoms with E-state index in [0.717, 1.165) is 6.07 Å². The lowest BCUT2D eigenvalue weighted by Gasteiger charge is -2.12. The molecule has 0 bridgehead atoms. The number of carbonyl (C=O) groups excluding carboxylic acids is 1. The van der Waals surface area contributed by atoms with Crippen molar-refractivity contribution >= 4 is 23.5 Å². The van der Waals surface area contributed by atoms with E-state index < -0.39 is 12.4 Å². The lowest BCUT2D eigenvalue weighted by atomic mass is 10.1. The molecule has 5 nitrogen and oxygen atoms in total. The molecular formula is C25H20ClF3O5. The number of alkyl halides is 2. The molecule has 0 N–H and O–H groups in total. The smallest absolute Gasteiger partial charge is 0.387 e. The van der Waals surface area contributed by atoms with Crippen LogP contribution in [0.4, 0.5) is 13.2 Å². The highest BCUT2D eigenvalue weighted by Crippen LogP contribution is 2.30. The standard InChI is InChI=1S/C25H20ClF3O5/c1-31-21-8-4-15(11-17(21)14-33-22-10-6-18(27)13-19(22)26)3-7-20(30)16-5-9-23(34-25(28)29)24(12-16)32-2/h3-13,25H,14H2,1-2H3/b7-3+. The van der Waals surface area contributed by atoms with Crippen molar-refractivity contribution in [2.45, 2.75) is 13.2 Å². The van der Waals surface area contributed by atoms with E-state index in [1.165, 1.54) is 50.6 Å². The number of hydrogen-bond acceptors (Lipinski definition) is 5. The second-order valence-corrected chi connectivity index (χ2v) is 7.28. The van der Waals surface area contributed by atoms with Gasteiger partial charge in [0.25, 0.3) is 0 Å². The van der Waals surface area contributed by atoms with Crippen molar-refractivity contribution in [1.82, 2.24) is 0 Å². The fraction of sp³-hybridized carbons (Fsp3) is 0.160. The first kappa shape index (κ1) is 25.0. The molecule has 3 rings (SSSR count). The molecule has 0 aliphatic heterocycles. The zero-order valence-corrected chi connectivity index (χ0v) is 18.9. The molecule has 0 heterocycles. The van der Waals surface area contributed by atoms with Gasteiger partial charge in [-0.05, 0) is 60.2 Å². The van der Waals surface area contributed by atoms with Gasteiger partial charge in [-0.1, -0.05) is 23.7 Å². The van der Waals surface area contributed by atoms with Crippen molar-refractivity contribution in [1.29, 1.82) is 0 Å². The second kappa shape index (κ2) is 11.5. The number of hydrogen-bond donors (Lipinski definition) is 0. The normalized spacial score (nSPS) is 11.0. The number of rotatable bonds is 10. The first-order valence-corrected chi connectivity index (χ1v) is 10.3. The maximum atomic E-state index is 13.2. The Kier molecular flexibility index (Phi) is 8.43. The predicted molar refractivity (Wildman–Crippen MR) is 122 cm³/mol. The van der Waals surface area contributed by atoms with Crippen LogP contribution in [0.15, 0.2) is 60.7 Å². The molecule has 178 valence electrons. The molecular weight excluding hydrogens is 473 g/mol. The molecule has 3 aromatic rings. The number of benzene rings is 3. The minimum absolute atomic E-state index is 0.0166. The molecule has 0 aliphatic rings. The van der Waals surface area contributed by atoms with Gasteiger partial charge in [0.1, 0.15) is 23.9 Å². The fourth-order valence-corrected chi connectivity index (χ4v) is 3.27. The molecule has 0 aromatic heterocycles. The van der Waals surface area contributed by atoms with E-state index >= 15 is 0 Å². The highest BCUT2D eigenvalue weighted by Gasteiger charge is 2.13. The van der Waals surface area contributed by atoms with Gasteiger partial charge in [0.15, 0.2) is 17.3 Å². The van der Waals surface area contributed by atoms with E-state index in [2.05, 4.69) is 4.74 Å². The zero-order chi connectivity index (χ0) is 24.7. The highest BCUT2D eigenvalue weighted by molar-refractivity contribution is 6.32. The summed E-state index contributed by atoms with van der Waals surface area (Å²) in [7, 11) is 2.80. The first-order valence-electron chi connectivity index (χ1n) is 9.90. The van der Waals surface area contributed by atoms with Crippen LogP contribution in [0.25, 0.3) is 6.08 Å². The summed E-state index contributed by atoms with van der Waals surface area (Å²) in [5.74, 6) is -0.119. The summed E-state index contributed by atoms with van der Waals surface area (Å²) in [6, 6.07) is 13.0. The second-order valence-electron chi connectivity index (χ2n) is 6.88. The molecule has 34 heavy (non-hydrogen) atoms. The monoisotopic (exact) mass is 492 g/mol. The summed E-state index contributed by atoms with van der Waals surface area (Å²) in [5.41, 5.74) is 1.59. The van der Waals surface area contributed by atoms with Gasteiger partial charge in [-0.2, -0.15) is 8.78 Å². The van der Waals surface area contributed by atoms with Gasteiger partial charge in [-0.25, -0.2) is 4.39 Å². The van der Waals surface area contributed by atoms with Crippen molar-refractivity contribution in [2.24, 2.45) is 0 Å². The Hall–Kier alpha value is -3.65. The van der Waals surface area contributed by atoms with E-state index in [1.54, 1.807) is 24.3 Å². The fourth-order valence-electron chi connectivity index (χ4n) is 3.05. The van der Waals surface area contributed by atoms with Crippen molar-refractivity contribution < 1.29 is 36.9 Å². The van der Waals surface area contributed by atoms with E-state index in [-0.39, 0.29) is 34.5 Å². The Morgan fingerprint density at radius 2 is 1.65 bits per heavy atom. The summed E-state index contributed by atoms with van der Waals surface area (Å²) in [6.45, 7) is -2.92. The molecule has 0 spiro atoms. The predicted octanol–water partition coefficient (Wildman–Crippen LogP) is 6.57. The van der Waals surface area contributed by atoms with E-state index in [0.29, 0.717) is 22.6 Å². The van der Waals surface area contributed by atoms with Crippen LogP contribution in [-0.2, 0) is 6.61 Å². The summed E-state index contributed by atoms with van der Waals surface area (Å²) >= 11 is 6.00. The minimum Gasteiger partial charge on any atom is -0.496 e. The molecule has 0 saturated heterocycles. The number of carbonyl (C=O) groups is 1. The summed E-state index contributed by atoms with van der Waals surface area (Å²) in [6.07, 6.45) is 2.93. The van der Waals surface area contributed by atoms with Crippen LogP contribution in [0.2, 0.25) is 5.02 Å². The SMILES string of the molecule is COc1ccc(/C=C/C(=O)c2ccc(OC(F)F)c(OC)c2)cc1COc1ccc(F)cc1Cl. The largest absolute Gasteiger partial charge is 0.496 e. The molecule has 0 unspecified atom stereocenters. The first-order chi connectivity index (χ1) is 16.3. The Labute approximate surface area is 199 Å². The third kappa shape index (κ3) is 6.45. The number of ether oxygens (including phenoxy) is 4. The van der Waals surface area contributed by atoms with Crippen LogP contribution in [0.5, 0.6) is 23.0 Å². The molecule has 0 radical (unpaired) electrons. The van der Waals surface area contributed by atoms with Gasteiger partial charge in [0.2, 0.25) is 0 Å². The van der Waals surface area contributed by atoms with Gasteiger partial charge < -0.3 is 18.9 Å². The van der Waals surface area contributed by atoms with E-state index in [4.69, 9.17) is 25.8 Å².